The normalized spacial score (nSPS) is 10.3. The van der Waals surface area contributed by atoms with Gasteiger partial charge in [-0.15, -0.1) is 0 Å². The zero-order valence-corrected chi connectivity index (χ0v) is 11.9. The van der Waals surface area contributed by atoms with Gasteiger partial charge in [-0.05, 0) is 32.0 Å². The molecule has 1 aromatic heterocycles. The van der Waals surface area contributed by atoms with Gasteiger partial charge in [0.25, 0.3) is 0 Å². The highest BCUT2D eigenvalue weighted by Gasteiger charge is 2.16. The smallest absolute Gasteiger partial charge is 0.228 e. The Balaban J connectivity index is 2.35. The molecule has 5 nitrogen and oxygen atoms in total. The summed E-state index contributed by atoms with van der Waals surface area (Å²) in [6.07, 6.45) is 3.34. The van der Waals surface area contributed by atoms with Gasteiger partial charge in [0.2, 0.25) is 5.78 Å². The van der Waals surface area contributed by atoms with Crippen LogP contribution < -0.4 is 9.47 Å². The molecular formula is C15H18N2O3. The van der Waals surface area contributed by atoms with Crippen molar-refractivity contribution in [2.45, 2.75) is 13.8 Å². The standard InChI is InChI=1S/C15H18N2O3/c1-4-19-12-7-6-11(10-13(12)20-5-2)14(18)15-16-8-9-17(15)3/h6-10H,4-5H2,1-3H3. The SMILES string of the molecule is CCOc1ccc(C(=O)c2nccn2C)cc1OCC. The summed E-state index contributed by atoms with van der Waals surface area (Å²) in [6, 6.07) is 5.18. The lowest BCUT2D eigenvalue weighted by molar-refractivity contribution is 0.102. The fraction of sp³-hybridized carbons (Fsp3) is 0.333. The van der Waals surface area contributed by atoms with Crippen molar-refractivity contribution in [1.82, 2.24) is 9.55 Å². The first kappa shape index (κ1) is 14.1. The maximum atomic E-state index is 12.4. The predicted molar refractivity (Wildman–Crippen MR) is 75.4 cm³/mol. The number of nitrogens with zero attached hydrogens (tertiary/aromatic N) is 2. The Morgan fingerprint density at radius 3 is 2.50 bits per heavy atom. The Kier molecular flexibility index (Phi) is 4.40. The summed E-state index contributed by atoms with van der Waals surface area (Å²) in [4.78, 5) is 16.4. The lowest BCUT2D eigenvalue weighted by Gasteiger charge is -2.12. The molecule has 0 amide bonds. The van der Waals surface area contributed by atoms with Crippen molar-refractivity contribution in [3.05, 3.63) is 42.0 Å². The summed E-state index contributed by atoms with van der Waals surface area (Å²) in [5, 5.41) is 0. The van der Waals surface area contributed by atoms with E-state index in [0.717, 1.165) is 0 Å². The summed E-state index contributed by atoms with van der Waals surface area (Å²) >= 11 is 0. The molecular weight excluding hydrogens is 256 g/mol. The average molecular weight is 274 g/mol. The number of benzene rings is 1. The number of aryl methyl sites for hydroxylation is 1. The van der Waals surface area contributed by atoms with Crippen LogP contribution in [-0.4, -0.2) is 28.5 Å². The van der Waals surface area contributed by atoms with Crippen LogP contribution in [0.4, 0.5) is 0 Å². The maximum absolute atomic E-state index is 12.4. The number of ether oxygens (including phenoxy) is 2. The minimum atomic E-state index is -0.137. The molecule has 0 fully saturated rings. The molecule has 0 unspecified atom stereocenters. The molecule has 2 aromatic rings. The third-order valence-electron chi connectivity index (χ3n) is 2.83. The lowest BCUT2D eigenvalue weighted by Crippen LogP contribution is -2.09. The van der Waals surface area contributed by atoms with Crippen LogP contribution in [0.2, 0.25) is 0 Å². The highest BCUT2D eigenvalue weighted by molar-refractivity contribution is 6.07. The van der Waals surface area contributed by atoms with Crippen LogP contribution >= 0.6 is 0 Å². The summed E-state index contributed by atoms with van der Waals surface area (Å²) in [5.41, 5.74) is 0.534. The van der Waals surface area contributed by atoms with E-state index in [9.17, 15) is 4.79 Å². The predicted octanol–water partition coefficient (Wildman–Crippen LogP) is 2.45. The van der Waals surface area contributed by atoms with Crippen molar-refractivity contribution in [2.75, 3.05) is 13.2 Å². The van der Waals surface area contributed by atoms with E-state index in [-0.39, 0.29) is 5.78 Å². The Morgan fingerprint density at radius 2 is 1.90 bits per heavy atom. The molecule has 0 bridgehead atoms. The van der Waals surface area contributed by atoms with Gasteiger partial charge in [-0.3, -0.25) is 4.79 Å². The molecule has 0 saturated carbocycles. The quantitative estimate of drug-likeness (QED) is 0.759. The van der Waals surface area contributed by atoms with Crippen LogP contribution in [0.25, 0.3) is 0 Å². The van der Waals surface area contributed by atoms with E-state index in [1.165, 1.54) is 0 Å². The summed E-state index contributed by atoms with van der Waals surface area (Å²) in [7, 11) is 1.79. The van der Waals surface area contributed by atoms with Crippen LogP contribution in [0.15, 0.2) is 30.6 Å². The second-order valence-corrected chi connectivity index (χ2v) is 4.22. The van der Waals surface area contributed by atoms with E-state index in [1.807, 2.05) is 13.8 Å². The maximum Gasteiger partial charge on any atom is 0.228 e. The minimum Gasteiger partial charge on any atom is -0.490 e. The molecule has 0 radical (unpaired) electrons. The summed E-state index contributed by atoms with van der Waals surface area (Å²) in [6.45, 7) is 4.86. The van der Waals surface area contributed by atoms with Gasteiger partial charge in [-0.2, -0.15) is 0 Å². The highest BCUT2D eigenvalue weighted by Crippen LogP contribution is 2.29. The van der Waals surface area contributed by atoms with Gasteiger partial charge in [0.1, 0.15) is 0 Å². The van der Waals surface area contributed by atoms with E-state index in [4.69, 9.17) is 9.47 Å². The average Bonchev–Trinajstić information content (AvgIpc) is 2.86. The van der Waals surface area contributed by atoms with Crippen LogP contribution in [0.1, 0.15) is 30.0 Å². The molecule has 1 aromatic carbocycles. The second kappa shape index (κ2) is 6.23. The molecule has 20 heavy (non-hydrogen) atoms. The second-order valence-electron chi connectivity index (χ2n) is 4.22. The third-order valence-corrected chi connectivity index (χ3v) is 2.83. The lowest BCUT2D eigenvalue weighted by atomic mass is 10.1. The van der Waals surface area contributed by atoms with Gasteiger partial charge in [-0.25, -0.2) is 4.98 Å². The van der Waals surface area contributed by atoms with Gasteiger partial charge in [-0.1, -0.05) is 0 Å². The summed E-state index contributed by atoms with van der Waals surface area (Å²) in [5.74, 6) is 1.48. The number of rotatable bonds is 6. The molecule has 0 spiro atoms. The highest BCUT2D eigenvalue weighted by atomic mass is 16.5. The molecule has 0 aliphatic carbocycles. The van der Waals surface area contributed by atoms with Gasteiger partial charge >= 0.3 is 0 Å². The van der Waals surface area contributed by atoms with Gasteiger partial charge < -0.3 is 14.0 Å². The first-order valence-corrected chi connectivity index (χ1v) is 6.59. The topological polar surface area (TPSA) is 53.3 Å². The van der Waals surface area contributed by atoms with Crippen LogP contribution in [0, 0.1) is 0 Å². The van der Waals surface area contributed by atoms with Crippen molar-refractivity contribution in [3.63, 3.8) is 0 Å². The molecule has 1 heterocycles. The monoisotopic (exact) mass is 274 g/mol. The van der Waals surface area contributed by atoms with E-state index in [1.54, 1.807) is 42.2 Å². The Hall–Kier alpha value is -2.30. The molecule has 0 aliphatic heterocycles. The molecule has 0 aliphatic rings. The molecule has 0 saturated heterocycles. The largest absolute Gasteiger partial charge is 0.490 e. The fourth-order valence-corrected chi connectivity index (χ4v) is 1.91. The van der Waals surface area contributed by atoms with Gasteiger partial charge in [0.05, 0.1) is 13.2 Å². The number of hydrogen-bond acceptors (Lipinski definition) is 4. The van der Waals surface area contributed by atoms with E-state index in [0.29, 0.717) is 36.1 Å². The van der Waals surface area contributed by atoms with Crippen molar-refractivity contribution >= 4 is 5.78 Å². The zero-order chi connectivity index (χ0) is 14.5. The fourth-order valence-electron chi connectivity index (χ4n) is 1.91. The van der Waals surface area contributed by atoms with E-state index in [2.05, 4.69) is 4.98 Å². The molecule has 5 heteroatoms. The van der Waals surface area contributed by atoms with Crippen molar-refractivity contribution in [3.8, 4) is 11.5 Å². The Morgan fingerprint density at radius 1 is 1.20 bits per heavy atom. The van der Waals surface area contributed by atoms with Crippen molar-refractivity contribution < 1.29 is 14.3 Å². The molecule has 0 N–H and O–H groups in total. The number of aromatic nitrogens is 2. The number of ketones is 1. The Labute approximate surface area is 118 Å². The molecule has 0 atom stereocenters. The van der Waals surface area contributed by atoms with Crippen molar-refractivity contribution in [1.29, 1.82) is 0 Å². The van der Waals surface area contributed by atoms with Crippen molar-refractivity contribution in [2.24, 2.45) is 7.05 Å². The Bertz CT molecular complexity index is 605. The number of hydrogen-bond donors (Lipinski definition) is 0. The van der Waals surface area contributed by atoms with Gasteiger partial charge in [0.15, 0.2) is 17.3 Å². The minimum absolute atomic E-state index is 0.137. The van der Waals surface area contributed by atoms with E-state index < -0.39 is 0 Å². The number of carbonyl (C=O) groups excluding carboxylic acids is 1. The zero-order valence-electron chi connectivity index (χ0n) is 11.9. The van der Waals surface area contributed by atoms with Crippen LogP contribution in [0.5, 0.6) is 11.5 Å². The molecule has 106 valence electrons. The number of imidazole rings is 1. The van der Waals surface area contributed by atoms with Crippen LogP contribution in [0.3, 0.4) is 0 Å². The number of carbonyl (C=O) groups is 1. The summed E-state index contributed by atoms with van der Waals surface area (Å²) < 4.78 is 12.7. The molecule has 2 rings (SSSR count). The van der Waals surface area contributed by atoms with Crippen LogP contribution in [-0.2, 0) is 7.05 Å². The first-order chi connectivity index (χ1) is 9.67. The first-order valence-electron chi connectivity index (χ1n) is 6.59. The third kappa shape index (κ3) is 2.82. The van der Waals surface area contributed by atoms with E-state index >= 15 is 0 Å². The van der Waals surface area contributed by atoms with Gasteiger partial charge in [0, 0.05) is 25.0 Å².